The molecule has 9 rings (SSSR count). The maximum atomic E-state index is 10.3. The van der Waals surface area contributed by atoms with Crippen molar-refractivity contribution in [1.29, 1.82) is 10.5 Å². The van der Waals surface area contributed by atoms with Gasteiger partial charge in [0.05, 0.1) is 51.5 Å². The summed E-state index contributed by atoms with van der Waals surface area (Å²) in [4.78, 5) is 3.81. The average molecular weight is 636 g/mol. The standard InChI is InChI=1S/C45H25N5/c1-48-32-21-22-38(45(26-32)50-42-17-9-6-14-37(42)39-24-29(27-46)18-23-43(39)50)34-11-3-2-10-33(34)30-19-20-31(28-47)44(25-30)49-40-15-7-4-12-35(40)36-13-5-8-16-41(36)49/h2-26H. The van der Waals surface area contributed by atoms with Gasteiger partial charge in [0.1, 0.15) is 6.07 Å². The van der Waals surface area contributed by atoms with Gasteiger partial charge in [-0.3, -0.25) is 0 Å². The lowest BCUT2D eigenvalue weighted by atomic mass is 9.92. The minimum Gasteiger partial charge on any atom is -0.310 e. The fraction of sp³-hybridized carbons (Fsp3) is 0. The van der Waals surface area contributed by atoms with Crippen LogP contribution in [0.2, 0.25) is 0 Å². The fourth-order valence-corrected chi connectivity index (χ4v) is 7.43. The second kappa shape index (κ2) is 11.4. The molecule has 7 aromatic carbocycles. The first-order valence-electron chi connectivity index (χ1n) is 16.3. The largest absolute Gasteiger partial charge is 0.310 e. The van der Waals surface area contributed by atoms with Crippen LogP contribution in [-0.2, 0) is 0 Å². The van der Waals surface area contributed by atoms with E-state index in [0.29, 0.717) is 16.8 Å². The lowest BCUT2D eigenvalue weighted by Crippen LogP contribution is -2.00. The molecule has 0 amide bonds. The van der Waals surface area contributed by atoms with Crippen LogP contribution in [0.1, 0.15) is 11.1 Å². The number of para-hydroxylation sites is 3. The van der Waals surface area contributed by atoms with Crippen molar-refractivity contribution < 1.29 is 0 Å². The quantitative estimate of drug-likeness (QED) is 0.181. The van der Waals surface area contributed by atoms with E-state index in [0.717, 1.165) is 77.2 Å². The van der Waals surface area contributed by atoms with Crippen molar-refractivity contribution in [2.75, 3.05) is 0 Å². The van der Waals surface area contributed by atoms with Crippen molar-refractivity contribution in [2.45, 2.75) is 0 Å². The molecule has 0 N–H and O–H groups in total. The molecule has 0 saturated carbocycles. The Morgan fingerprint density at radius 2 is 1.04 bits per heavy atom. The molecule has 0 fully saturated rings. The van der Waals surface area contributed by atoms with Crippen LogP contribution in [-0.4, -0.2) is 9.13 Å². The predicted octanol–water partition coefficient (Wildman–Crippen LogP) is 11.5. The predicted molar refractivity (Wildman–Crippen MR) is 202 cm³/mol. The summed E-state index contributed by atoms with van der Waals surface area (Å²) in [5, 5.41) is 24.3. The van der Waals surface area contributed by atoms with Gasteiger partial charge in [0.2, 0.25) is 0 Å². The van der Waals surface area contributed by atoms with Crippen molar-refractivity contribution in [3.05, 3.63) is 174 Å². The highest BCUT2D eigenvalue weighted by atomic mass is 15.0. The summed E-state index contributed by atoms with van der Waals surface area (Å²) in [6, 6.07) is 55.5. The van der Waals surface area contributed by atoms with Crippen molar-refractivity contribution in [2.24, 2.45) is 0 Å². The zero-order valence-corrected chi connectivity index (χ0v) is 26.7. The Morgan fingerprint density at radius 1 is 0.460 bits per heavy atom. The average Bonchev–Trinajstić information content (AvgIpc) is 3.70. The van der Waals surface area contributed by atoms with Crippen LogP contribution < -0.4 is 0 Å². The van der Waals surface area contributed by atoms with E-state index in [9.17, 15) is 10.5 Å². The van der Waals surface area contributed by atoms with Gasteiger partial charge in [0.15, 0.2) is 5.69 Å². The molecule has 0 saturated heterocycles. The molecule has 5 heteroatoms. The second-order valence-electron chi connectivity index (χ2n) is 12.3. The third-order valence-electron chi connectivity index (χ3n) is 9.62. The number of nitrogens with zero attached hydrogens (tertiary/aromatic N) is 5. The van der Waals surface area contributed by atoms with Crippen molar-refractivity contribution in [3.8, 4) is 45.8 Å². The number of fused-ring (bicyclic) bond motifs is 6. The van der Waals surface area contributed by atoms with Gasteiger partial charge in [-0.1, -0.05) is 97.1 Å². The van der Waals surface area contributed by atoms with E-state index in [1.54, 1.807) is 0 Å². The molecule has 230 valence electrons. The third kappa shape index (κ3) is 4.31. The van der Waals surface area contributed by atoms with E-state index >= 15 is 0 Å². The lowest BCUT2D eigenvalue weighted by molar-refractivity contribution is 1.17. The van der Waals surface area contributed by atoms with Gasteiger partial charge in [-0.2, -0.15) is 10.5 Å². The highest BCUT2D eigenvalue weighted by molar-refractivity contribution is 6.11. The fourth-order valence-electron chi connectivity index (χ4n) is 7.43. The van der Waals surface area contributed by atoms with Gasteiger partial charge in [-0.15, -0.1) is 0 Å². The third-order valence-corrected chi connectivity index (χ3v) is 9.62. The maximum absolute atomic E-state index is 10.3. The zero-order chi connectivity index (χ0) is 33.8. The number of benzene rings is 7. The smallest absolute Gasteiger partial charge is 0.189 e. The summed E-state index contributed by atoms with van der Waals surface area (Å²) in [6.07, 6.45) is 0. The highest BCUT2D eigenvalue weighted by Crippen LogP contribution is 2.42. The lowest BCUT2D eigenvalue weighted by Gasteiger charge is -2.18. The summed E-state index contributed by atoms with van der Waals surface area (Å²) in [7, 11) is 0. The van der Waals surface area contributed by atoms with Gasteiger partial charge in [0, 0.05) is 32.8 Å². The van der Waals surface area contributed by atoms with Gasteiger partial charge < -0.3 is 9.13 Å². The zero-order valence-electron chi connectivity index (χ0n) is 26.7. The van der Waals surface area contributed by atoms with Crippen LogP contribution in [0.3, 0.4) is 0 Å². The van der Waals surface area contributed by atoms with Crippen molar-refractivity contribution in [3.63, 3.8) is 0 Å². The van der Waals surface area contributed by atoms with Crippen LogP contribution in [0.4, 0.5) is 5.69 Å². The number of nitriles is 2. The van der Waals surface area contributed by atoms with Crippen LogP contribution in [0.5, 0.6) is 0 Å². The first kappa shape index (κ1) is 28.8. The number of aromatic nitrogens is 2. The Balaban J connectivity index is 1.31. The topological polar surface area (TPSA) is 61.8 Å². The van der Waals surface area contributed by atoms with Crippen LogP contribution in [0, 0.1) is 29.2 Å². The molecule has 50 heavy (non-hydrogen) atoms. The molecule has 2 aromatic heterocycles. The second-order valence-corrected chi connectivity index (χ2v) is 12.3. The van der Waals surface area contributed by atoms with E-state index < -0.39 is 0 Å². The number of hydrogen-bond donors (Lipinski definition) is 0. The molecule has 5 nitrogen and oxygen atoms in total. The molecule has 0 unspecified atom stereocenters. The van der Waals surface area contributed by atoms with E-state index in [1.807, 2.05) is 97.1 Å². The Bertz CT molecular complexity index is 2920. The Labute approximate surface area is 288 Å². The first-order chi connectivity index (χ1) is 24.7. The summed E-state index contributed by atoms with van der Waals surface area (Å²) < 4.78 is 4.40. The minimum atomic E-state index is 0.535. The Morgan fingerprint density at radius 3 is 1.68 bits per heavy atom. The number of hydrogen-bond acceptors (Lipinski definition) is 2. The molecule has 0 spiro atoms. The van der Waals surface area contributed by atoms with Gasteiger partial charge in [-0.05, 0) is 71.3 Å². The van der Waals surface area contributed by atoms with Gasteiger partial charge in [0.25, 0.3) is 0 Å². The Kier molecular flexibility index (Phi) is 6.56. The molecule has 0 aliphatic rings. The van der Waals surface area contributed by atoms with Gasteiger partial charge >= 0.3 is 0 Å². The van der Waals surface area contributed by atoms with Crippen molar-refractivity contribution >= 4 is 49.3 Å². The summed E-state index contributed by atoms with van der Waals surface area (Å²) in [5.41, 5.74) is 11.4. The molecule has 9 aromatic rings. The molecule has 2 heterocycles. The molecular formula is C45H25N5. The van der Waals surface area contributed by atoms with E-state index in [-0.39, 0.29) is 0 Å². The highest BCUT2D eigenvalue weighted by Gasteiger charge is 2.20. The van der Waals surface area contributed by atoms with E-state index in [4.69, 9.17) is 6.57 Å². The van der Waals surface area contributed by atoms with Crippen LogP contribution in [0.25, 0.3) is 82.1 Å². The molecule has 0 aliphatic heterocycles. The molecule has 0 radical (unpaired) electrons. The Hall–Kier alpha value is -7.39. The van der Waals surface area contributed by atoms with E-state index in [2.05, 4.69) is 80.7 Å². The first-order valence-corrected chi connectivity index (χ1v) is 16.3. The SMILES string of the molecule is [C-]#[N+]c1ccc(-c2ccccc2-c2ccc(C#N)c(-n3c4ccccc4c4ccccc43)c2)c(-n2c3ccccc3c3cc(C#N)ccc32)c1. The van der Waals surface area contributed by atoms with Crippen LogP contribution >= 0.6 is 0 Å². The monoisotopic (exact) mass is 635 g/mol. The van der Waals surface area contributed by atoms with Crippen LogP contribution in [0.15, 0.2) is 152 Å². The minimum absolute atomic E-state index is 0.535. The normalized spacial score (nSPS) is 11.1. The summed E-state index contributed by atoms with van der Waals surface area (Å²) in [6.45, 7) is 7.89. The molecular weight excluding hydrogens is 611 g/mol. The van der Waals surface area contributed by atoms with Crippen molar-refractivity contribution in [1.82, 2.24) is 9.13 Å². The summed E-state index contributed by atoms with van der Waals surface area (Å²) in [5.74, 6) is 0. The summed E-state index contributed by atoms with van der Waals surface area (Å²) >= 11 is 0. The molecule has 0 atom stereocenters. The molecule has 0 aliphatic carbocycles. The number of rotatable bonds is 4. The van der Waals surface area contributed by atoms with Gasteiger partial charge in [-0.25, -0.2) is 4.85 Å². The maximum Gasteiger partial charge on any atom is 0.189 e. The molecule has 0 bridgehead atoms. The van der Waals surface area contributed by atoms with E-state index in [1.165, 1.54) is 0 Å².